The zero-order chi connectivity index (χ0) is 31.1. The van der Waals surface area contributed by atoms with E-state index in [-0.39, 0.29) is 52.9 Å². The molecule has 0 spiro atoms. The zero-order valence-corrected chi connectivity index (χ0v) is 23.9. The normalized spacial score (nSPS) is 21.2. The molecule has 0 unspecified atom stereocenters. The SMILES string of the molecule is C#C[C@H]1[C@H](F)C[C@@H](COc2nc(N3CCN(C(=O)C=C)CC3)c3cc(Cl)c(-c4nc(N)ccc4C(F)(F)F)cc3n2)N1C. The van der Waals surface area contributed by atoms with Crippen LogP contribution in [-0.4, -0.2) is 88.7 Å². The van der Waals surface area contributed by atoms with Crippen LogP contribution in [0, 0.1) is 12.3 Å². The number of nitrogens with zero attached hydrogens (tertiary/aromatic N) is 6. The van der Waals surface area contributed by atoms with Gasteiger partial charge in [-0.3, -0.25) is 9.69 Å². The van der Waals surface area contributed by atoms with Gasteiger partial charge in [-0.2, -0.15) is 23.1 Å². The summed E-state index contributed by atoms with van der Waals surface area (Å²) in [5.74, 6) is 2.55. The highest BCUT2D eigenvalue weighted by Gasteiger charge is 2.39. The number of terminal acetylenes is 1. The third-order valence-corrected chi connectivity index (χ3v) is 8.03. The Labute approximate surface area is 250 Å². The largest absolute Gasteiger partial charge is 0.462 e. The van der Waals surface area contributed by atoms with Crippen LogP contribution in [0.15, 0.2) is 36.9 Å². The first-order valence-electron chi connectivity index (χ1n) is 13.4. The molecule has 2 fully saturated rings. The van der Waals surface area contributed by atoms with E-state index < -0.39 is 29.6 Å². The lowest BCUT2D eigenvalue weighted by Gasteiger charge is -2.35. The van der Waals surface area contributed by atoms with Gasteiger partial charge in [-0.05, 0) is 43.8 Å². The van der Waals surface area contributed by atoms with Crippen molar-refractivity contribution in [1.82, 2.24) is 24.8 Å². The number of pyridine rings is 1. The van der Waals surface area contributed by atoms with E-state index >= 15 is 0 Å². The van der Waals surface area contributed by atoms with Crippen molar-refractivity contribution in [3.05, 3.63) is 47.5 Å². The van der Waals surface area contributed by atoms with Crippen LogP contribution >= 0.6 is 11.6 Å². The summed E-state index contributed by atoms with van der Waals surface area (Å²) in [6.07, 6.45) is 0.944. The summed E-state index contributed by atoms with van der Waals surface area (Å²) in [5.41, 5.74) is 4.51. The van der Waals surface area contributed by atoms with Crippen molar-refractivity contribution in [2.75, 3.05) is 50.5 Å². The number of likely N-dealkylation sites (N-methyl/N-ethyl adjacent to an activating group) is 1. The Morgan fingerprint density at radius 2 is 1.95 bits per heavy atom. The third-order valence-electron chi connectivity index (χ3n) is 7.72. The van der Waals surface area contributed by atoms with Gasteiger partial charge in [-0.15, -0.1) is 6.42 Å². The van der Waals surface area contributed by atoms with Crippen LogP contribution in [0.5, 0.6) is 6.01 Å². The fourth-order valence-corrected chi connectivity index (χ4v) is 5.64. The number of rotatable bonds is 6. The highest BCUT2D eigenvalue weighted by atomic mass is 35.5. The monoisotopic (exact) mass is 617 g/mol. The van der Waals surface area contributed by atoms with Crippen LogP contribution in [0.2, 0.25) is 5.02 Å². The molecule has 0 aliphatic carbocycles. The summed E-state index contributed by atoms with van der Waals surface area (Å²) in [6.45, 7) is 5.13. The maximum Gasteiger partial charge on any atom is 0.418 e. The van der Waals surface area contributed by atoms with Crippen molar-refractivity contribution >= 4 is 40.0 Å². The summed E-state index contributed by atoms with van der Waals surface area (Å²) in [4.78, 5) is 30.4. The fourth-order valence-electron chi connectivity index (χ4n) is 5.39. The number of carbonyl (C=O) groups excluding carboxylic acids is 1. The van der Waals surface area contributed by atoms with Gasteiger partial charge in [-0.25, -0.2) is 9.37 Å². The Morgan fingerprint density at radius 3 is 2.58 bits per heavy atom. The number of likely N-dealkylation sites (tertiary alicyclic amines) is 1. The summed E-state index contributed by atoms with van der Waals surface area (Å²) in [6, 6.07) is 3.68. The number of ether oxygens (including phenoxy) is 1. The lowest BCUT2D eigenvalue weighted by atomic mass is 10.0. The molecule has 14 heteroatoms. The van der Waals surface area contributed by atoms with Gasteiger partial charge in [-0.1, -0.05) is 24.1 Å². The molecule has 3 aromatic rings. The number of fused-ring (bicyclic) bond motifs is 1. The lowest BCUT2D eigenvalue weighted by Crippen LogP contribution is -2.48. The molecule has 2 saturated heterocycles. The summed E-state index contributed by atoms with van der Waals surface area (Å²) in [7, 11) is 1.71. The highest BCUT2D eigenvalue weighted by Crippen LogP contribution is 2.41. The zero-order valence-electron chi connectivity index (χ0n) is 23.1. The molecule has 4 heterocycles. The Bertz CT molecular complexity index is 1600. The Balaban J connectivity index is 1.57. The molecule has 9 nitrogen and oxygen atoms in total. The number of amides is 1. The smallest absolute Gasteiger partial charge is 0.418 e. The van der Waals surface area contributed by atoms with Crippen molar-refractivity contribution in [3.8, 4) is 29.6 Å². The number of carbonyl (C=O) groups is 1. The maximum absolute atomic E-state index is 14.4. The van der Waals surface area contributed by atoms with E-state index in [1.54, 1.807) is 16.8 Å². The van der Waals surface area contributed by atoms with E-state index in [4.69, 9.17) is 28.5 Å². The first-order chi connectivity index (χ1) is 20.4. The quantitative estimate of drug-likeness (QED) is 0.250. The lowest BCUT2D eigenvalue weighted by molar-refractivity contribution is -0.137. The molecule has 2 N–H and O–H groups in total. The van der Waals surface area contributed by atoms with E-state index in [1.165, 1.54) is 18.2 Å². The molecule has 226 valence electrons. The first kappa shape index (κ1) is 30.3. The standard InChI is InChI=1S/C29H28ClF4N7O2/c1-4-23-21(31)12-16(39(23)3)15-43-28-36-22-14-17(26-19(29(32,33)34)6-7-24(35)37-26)20(30)13-18(22)27(38-28)41-10-8-40(9-11-41)25(42)5-2/h1,5-7,13-14,16,21,23H,2,8-12,15H2,3H3,(H2,35,37)/t16-,21+,23-/m0/s1. The van der Waals surface area contributed by atoms with E-state index in [1.807, 2.05) is 4.90 Å². The van der Waals surface area contributed by atoms with Gasteiger partial charge in [0.1, 0.15) is 30.5 Å². The van der Waals surface area contributed by atoms with E-state index in [2.05, 4.69) is 27.5 Å². The van der Waals surface area contributed by atoms with Gasteiger partial charge in [0, 0.05) is 43.2 Å². The van der Waals surface area contributed by atoms with Gasteiger partial charge in [0.15, 0.2) is 0 Å². The Kier molecular flexibility index (Phi) is 8.36. The number of alkyl halides is 4. The predicted octanol–water partition coefficient (Wildman–Crippen LogP) is 4.20. The molecule has 2 aliphatic heterocycles. The number of hydrogen-bond acceptors (Lipinski definition) is 8. The number of anilines is 2. The van der Waals surface area contributed by atoms with Crippen molar-refractivity contribution in [1.29, 1.82) is 0 Å². The number of nitrogen functional groups attached to an aromatic ring is 1. The van der Waals surface area contributed by atoms with Crippen molar-refractivity contribution < 1.29 is 27.1 Å². The van der Waals surface area contributed by atoms with Gasteiger partial charge in [0.2, 0.25) is 5.91 Å². The van der Waals surface area contributed by atoms with Crippen molar-refractivity contribution in [2.24, 2.45) is 0 Å². The second-order valence-electron chi connectivity index (χ2n) is 10.3. The number of hydrogen-bond donors (Lipinski definition) is 1. The van der Waals surface area contributed by atoms with Gasteiger partial charge in [0.05, 0.1) is 21.8 Å². The molecule has 1 amide bonds. The third kappa shape index (κ3) is 6.03. The van der Waals surface area contributed by atoms with Crippen LogP contribution in [0.25, 0.3) is 22.2 Å². The molecule has 0 radical (unpaired) electrons. The number of piperazine rings is 1. The van der Waals surface area contributed by atoms with E-state index in [0.29, 0.717) is 37.4 Å². The Hall–Kier alpha value is -4.15. The summed E-state index contributed by atoms with van der Waals surface area (Å²) in [5, 5.41) is 0.438. The van der Waals surface area contributed by atoms with Crippen LogP contribution < -0.4 is 15.4 Å². The molecule has 3 atom stereocenters. The molecule has 43 heavy (non-hydrogen) atoms. The van der Waals surface area contributed by atoms with Gasteiger partial charge in [0.25, 0.3) is 0 Å². The van der Waals surface area contributed by atoms with Crippen LogP contribution in [-0.2, 0) is 11.0 Å². The van der Waals surface area contributed by atoms with E-state index in [0.717, 1.165) is 12.1 Å². The van der Waals surface area contributed by atoms with Gasteiger partial charge >= 0.3 is 12.2 Å². The summed E-state index contributed by atoms with van der Waals surface area (Å²) < 4.78 is 62.1. The minimum atomic E-state index is -4.72. The topological polar surface area (TPSA) is 101 Å². The molecule has 0 bridgehead atoms. The predicted molar refractivity (Wildman–Crippen MR) is 155 cm³/mol. The maximum atomic E-state index is 14.4. The number of halogens is 5. The van der Waals surface area contributed by atoms with Crippen LogP contribution in [0.4, 0.5) is 29.2 Å². The van der Waals surface area contributed by atoms with Crippen LogP contribution in [0.1, 0.15) is 12.0 Å². The fraction of sp³-hybridized carbons (Fsp3) is 0.379. The molecule has 2 aromatic heterocycles. The second kappa shape index (κ2) is 11.9. The molecule has 2 aliphatic rings. The highest BCUT2D eigenvalue weighted by molar-refractivity contribution is 6.34. The molecular weight excluding hydrogens is 590 g/mol. The second-order valence-corrected chi connectivity index (χ2v) is 10.7. The minimum absolute atomic E-state index is 0.0167. The molecule has 1 aromatic carbocycles. The van der Waals surface area contributed by atoms with Crippen LogP contribution in [0.3, 0.4) is 0 Å². The van der Waals surface area contributed by atoms with Gasteiger partial charge < -0.3 is 20.3 Å². The van der Waals surface area contributed by atoms with Crippen molar-refractivity contribution in [2.45, 2.75) is 30.9 Å². The Morgan fingerprint density at radius 1 is 1.23 bits per heavy atom. The average Bonchev–Trinajstić information content (AvgIpc) is 3.25. The molecule has 0 saturated carbocycles. The van der Waals surface area contributed by atoms with Crippen molar-refractivity contribution in [3.63, 3.8) is 0 Å². The first-order valence-corrected chi connectivity index (χ1v) is 13.8. The molecular formula is C29H28ClF4N7O2. The molecule has 5 rings (SSSR count). The summed E-state index contributed by atoms with van der Waals surface area (Å²) >= 11 is 6.58. The number of aromatic nitrogens is 3. The number of benzene rings is 1. The number of nitrogens with two attached hydrogens (primary N) is 1. The average molecular weight is 618 g/mol. The minimum Gasteiger partial charge on any atom is -0.462 e. The van der Waals surface area contributed by atoms with E-state index in [9.17, 15) is 22.4 Å².